The van der Waals surface area contributed by atoms with Crippen molar-refractivity contribution >= 4 is 23.8 Å². The molecule has 1 saturated heterocycles. The molecule has 0 unspecified atom stereocenters. The second-order valence-corrected chi connectivity index (χ2v) is 7.33. The van der Waals surface area contributed by atoms with Gasteiger partial charge in [-0.3, -0.25) is 14.6 Å². The highest BCUT2D eigenvalue weighted by Crippen LogP contribution is 2.21. The molecule has 2 rings (SSSR count). The van der Waals surface area contributed by atoms with Crippen molar-refractivity contribution < 1.29 is 23.9 Å². The summed E-state index contributed by atoms with van der Waals surface area (Å²) in [6.07, 6.45) is 5.98. The van der Waals surface area contributed by atoms with E-state index in [0.29, 0.717) is 6.42 Å². The van der Waals surface area contributed by atoms with E-state index in [1.165, 1.54) is 36.7 Å². The summed E-state index contributed by atoms with van der Waals surface area (Å²) in [6, 6.07) is -3.11. The molecule has 0 aliphatic carbocycles. The van der Waals surface area contributed by atoms with Crippen LogP contribution in [0.5, 0.6) is 0 Å². The van der Waals surface area contributed by atoms with Gasteiger partial charge in [-0.25, -0.2) is 14.6 Å². The van der Waals surface area contributed by atoms with Crippen LogP contribution in [0.1, 0.15) is 30.8 Å². The predicted octanol–water partition coefficient (Wildman–Crippen LogP) is -0.141. The number of hydrogen-bond donors (Lipinski definition) is 3. The highest BCUT2D eigenvalue weighted by molar-refractivity contribution is 5.98. The molecule has 1 aliphatic rings. The molecule has 31 heavy (non-hydrogen) atoms. The summed E-state index contributed by atoms with van der Waals surface area (Å²) in [5.74, 6) is -1.92. The topological polar surface area (TPSA) is 143 Å². The molecule has 2 heterocycles. The molecule has 11 heteroatoms. The number of esters is 1. The molecule has 1 aromatic rings. The number of rotatable bonds is 8. The summed E-state index contributed by atoms with van der Waals surface area (Å²) >= 11 is 0. The minimum atomic E-state index is -1.05. The number of carbonyl (C=O) groups excluding carboxylic acids is 4. The van der Waals surface area contributed by atoms with Gasteiger partial charge in [-0.05, 0) is 12.3 Å². The standard InChI is InChI=1S/C20H28N6O5/c1-5-7-23-20(30)24-13-6-10-26(18(28)14-11-21-8-9-22-14)16(13)17(27)25-15(12(2)3)19(29)31-4/h5,8-9,11-13,15-16H,1,6-7,10H2,2-4H3,(H,25,27)(H2,23,24,30)/t13-,15+,16-/m0/s1. The van der Waals surface area contributed by atoms with Gasteiger partial charge in [0.25, 0.3) is 5.91 Å². The van der Waals surface area contributed by atoms with Gasteiger partial charge in [0.2, 0.25) is 5.91 Å². The van der Waals surface area contributed by atoms with Gasteiger partial charge in [-0.2, -0.15) is 0 Å². The van der Waals surface area contributed by atoms with Crippen LogP contribution in [0.3, 0.4) is 0 Å². The van der Waals surface area contributed by atoms with Crippen molar-refractivity contribution in [3.8, 4) is 0 Å². The lowest BCUT2D eigenvalue weighted by Crippen LogP contribution is -2.59. The van der Waals surface area contributed by atoms with E-state index >= 15 is 0 Å². The summed E-state index contributed by atoms with van der Waals surface area (Å²) in [7, 11) is 1.23. The van der Waals surface area contributed by atoms with Crippen LogP contribution in [0.2, 0.25) is 0 Å². The van der Waals surface area contributed by atoms with E-state index < -0.39 is 41.9 Å². The molecular formula is C20H28N6O5. The van der Waals surface area contributed by atoms with Crippen LogP contribution in [-0.2, 0) is 14.3 Å². The summed E-state index contributed by atoms with van der Waals surface area (Å²) < 4.78 is 4.77. The number of methoxy groups -OCH3 is 1. The highest BCUT2D eigenvalue weighted by Gasteiger charge is 2.44. The lowest BCUT2D eigenvalue weighted by atomic mass is 10.0. The molecule has 0 radical (unpaired) electrons. The minimum Gasteiger partial charge on any atom is -0.467 e. The van der Waals surface area contributed by atoms with Crippen LogP contribution in [0.15, 0.2) is 31.2 Å². The maximum Gasteiger partial charge on any atom is 0.328 e. The van der Waals surface area contributed by atoms with Gasteiger partial charge in [-0.1, -0.05) is 19.9 Å². The number of hydrogen-bond acceptors (Lipinski definition) is 7. The number of aromatic nitrogens is 2. The Morgan fingerprint density at radius 3 is 2.65 bits per heavy atom. The first-order valence-corrected chi connectivity index (χ1v) is 9.90. The summed E-state index contributed by atoms with van der Waals surface area (Å²) in [4.78, 5) is 59.7. The molecule has 1 aromatic heterocycles. The van der Waals surface area contributed by atoms with Crippen molar-refractivity contribution in [2.75, 3.05) is 20.2 Å². The third-order valence-electron chi connectivity index (χ3n) is 4.85. The Morgan fingerprint density at radius 2 is 2.06 bits per heavy atom. The molecule has 3 N–H and O–H groups in total. The van der Waals surface area contributed by atoms with Gasteiger partial charge in [0, 0.05) is 25.5 Å². The zero-order valence-corrected chi connectivity index (χ0v) is 17.8. The van der Waals surface area contributed by atoms with E-state index in [-0.39, 0.29) is 24.7 Å². The Kier molecular flexibility index (Phi) is 8.47. The van der Waals surface area contributed by atoms with Gasteiger partial charge in [0.1, 0.15) is 17.8 Å². The molecule has 0 spiro atoms. The number of urea groups is 1. The van der Waals surface area contributed by atoms with Crippen molar-refractivity contribution in [1.82, 2.24) is 30.8 Å². The summed E-state index contributed by atoms with van der Waals surface area (Å²) in [5.41, 5.74) is 0.0745. The van der Waals surface area contributed by atoms with E-state index in [2.05, 4.69) is 32.5 Å². The zero-order chi connectivity index (χ0) is 23.0. The number of carbonyl (C=O) groups is 4. The van der Waals surface area contributed by atoms with Crippen LogP contribution in [0.25, 0.3) is 0 Å². The number of nitrogens with one attached hydrogen (secondary N) is 3. The number of likely N-dealkylation sites (tertiary alicyclic amines) is 1. The summed E-state index contributed by atoms with van der Waals surface area (Å²) in [5, 5.41) is 7.96. The monoisotopic (exact) mass is 432 g/mol. The smallest absolute Gasteiger partial charge is 0.328 e. The third-order valence-corrected chi connectivity index (χ3v) is 4.85. The van der Waals surface area contributed by atoms with E-state index in [9.17, 15) is 19.2 Å². The van der Waals surface area contributed by atoms with Gasteiger partial charge < -0.3 is 25.6 Å². The van der Waals surface area contributed by atoms with Crippen LogP contribution >= 0.6 is 0 Å². The molecule has 0 aromatic carbocycles. The van der Waals surface area contributed by atoms with Crippen LogP contribution in [-0.4, -0.2) is 77.0 Å². The van der Waals surface area contributed by atoms with Crippen molar-refractivity contribution in [3.05, 3.63) is 36.9 Å². The van der Waals surface area contributed by atoms with Crippen molar-refractivity contribution in [2.45, 2.75) is 38.4 Å². The SMILES string of the molecule is C=CCNC(=O)N[C@H]1CCN(C(=O)c2cnccn2)[C@@H]1C(=O)N[C@@H](C(=O)OC)C(C)C. The lowest BCUT2D eigenvalue weighted by Gasteiger charge is -2.29. The zero-order valence-electron chi connectivity index (χ0n) is 17.8. The van der Waals surface area contributed by atoms with Crippen LogP contribution in [0.4, 0.5) is 4.79 Å². The lowest BCUT2D eigenvalue weighted by molar-refractivity contribution is -0.146. The van der Waals surface area contributed by atoms with Crippen molar-refractivity contribution in [1.29, 1.82) is 0 Å². The molecule has 168 valence electrons. The summed E-state index contributed by atoms with van der Waals surface area (Å²) in [6.45, 7) is 7.51. The second-order valence-electron chi connectivity index (χ2n) is 7.33. The predicted molar refractivity (Wildman–Crippen MR) is 111 cm³/mol. The molecule has 4 amide bonds. The number of nitrogens with zero attached hydrogens (tertiary/aromatic N) is 3. The van der Waals surface area contributed by atoms with Gasteiger partial charge in [-0.15, -0.1) is 6.58 Å². The molecular weight excluding hydrogens is 404 g/mol. The maximum atomic E-state index is 13.2. The van der Waals surface area contributed by atoms with Gasteiger partial charge >= 0.3 is 12.0 Å². The van der Waals surface area contributed by atoms with Crippen molar-refractivity contribution in [3.63, 3.8) is 0 Å². The third kappa shape index (κ3) is 6.00. The van der Waals surface area contributed by atoms with Gasteiger partial charge in [0.15, 0.2) is 0 Å². The Hall–Kier alpha value is -3.50. The van der Waals surface area contributed by atoms with Gasteiger partial charge in [0.05, 0.1) is 19.3 Å². The largest absolute Gasteiger partial charge is 0.467 e. The highest BCUT2D eigenvalue weighted by atomic mass is 16.5. The van der Waals surface area contributed by atoms with E-state index in [4.69, 9.17) is 4.74 Å². The Morgan fingerprint density at radius 1 is 1.32 bits per heavy atom. The second kappa shape index (κ2) is 11.0. The van der Waals surface area contributed by atoms with Crippen LogP contribution in [0, 0.1) is 5.92 Å². The normalized spacial score (nSPS) is 18.8. The molecule has 3 atom stereocenters. The maximum absolute atomic E-state index is 13.2. The van der Waals surface area contributed by atoms with E-state index in [0.717, 1.165) is 0 Å². The average molecular weight is 432 g/mol. The first kappa shape index (κ1) is 23.8. The number of amides is 4. The van der Waals surface area contributed by atoms with Crippen molar-refractivity contribution in [2.24, 2.45) is 5.92 Å². The molecule has 0 saturated carbocycles. The average Bonchev–Trinajstić information content (AvgIpc) is 3.18. The van der Waals surface area contributed by atoms with Crippen LogP contribution < -0.4 is 16.0 Å². The van der Waals surface area contributed by atoms with E-state index in [1.54, 1.807) is 13.8 Å². The first-order chi connectivity index (χ1) is 14.8. The first-order valence-electron chi connectivity index (χ1n) is 9.90. The Bertz CT molecular complexity index is 816. The molecule has 1 fully saturated rings. The minimum absolute atomic E-state index is 0.0745. The number of ether oxygens (including phenoxy) is 1. The fourth-order valence-corrected chi connectivity index (χ4v) is 3.30. The van der Waals surface area contributed by atoms with E-state index in [1.807, 2.05) is 0 Å². The Balaban J connectivity index is 2.28. The fraction of sp³-hybridized carbons (Fsp3) is 0.500. The Labute approximate surface area is 180 Å². The molecule has 11 nitrogen and oxygen atoms in total. The molecule has 0 bridgehead atoms. The molecule has 1 aliphatic heterocycles. The quantitative estimate of drug-likeness (QED) is 0.383. The fourth-order valence-electron chi connectivity index (χ4n) is 3.30.